The Balaban J connectivity index is 2.41. The molecule has 0 bridgehead atoms. The van der Waals surface area contributed by atoms with Crippen LogP contribution in [0.15, 0.2) is 12.4 Å². The zero-order chi connectivity index (χ0) is 12.7. The fraction of sp³-hybridized carbons (Fsp3) is 0.500. The Labute approximate surface area is 105 Å². The number of carbonyl (C=O) groups is 1. The molecule has 94 valence electrons. The standard InChI is InChI=1S/C10H17N5OS/c1-7(17-2)3-4-12-10(16)8-5-14-9(15-11)6-13-8/h5-7H,3-4,11H2,1-2H3,(H,12,16)(H,14,15). The first-order chi connectivity index (χ1) is 8.17. The molecule has 0 fully saturated rings. The van der Waals surface area contributed by atoms with Gasteiger partial charge in [0.05, 0.1) is 12.4 Å². The van der Waals surface area contributed by atoms with Gasteiger partial charge in [0.15, 0.2) is 5.82 Å². The summed E-state index contributed by atoms with van der Waals surface area (Å²) in [5, 5.41) is 3.33. The smallest absolute Gasteiger partial charge is 0.271 e. The molecule has 1 aromatic rings. The Morgan fingerprint density at radius 2 is 2.29 bits per heavy atom. The second kappa shape index (κ2) is 7.08. The molecule has 0 aliphatic carbocycles. The summed E-state index contributed by atoms with van der Waals surface area (Å²) in [5.41, 5.74) is 2.64. The summed E-state index contributed by atoms with van der Waals surface area (Å²) in [4.78, 5) is 19.5. The zero-order valence-corrected chi connectivity index (χ0v) is 10.8. The molecule has 0 aliphatic heterocycles. The van der Waals surface area contributed by atoms with Crippen LogP contribution in [-0.4, -0.2) is 33.9 Å². The van der Waals surface area contributed by atoms with E-state index in [1.54, 1.807) is 11.8 Å². The lowest BCUT2D eigenvalue weighted by atomic mass is 10.3. The van der Waals surface area contributed by atoms with Crippen molar-refractivity contribution >= 4 is 23.5 Å². The van der Waals surface area contributed by atoms with Crippen LogP contribution in [0, 0.1) is 0 Å². The van der Waals surface area contributed by atoms with Crippen molar-refractivity contribution in [3.05, 3.63) is 18.1 Å². The number of hydrogen-bond donors (Lipinski definition) is 3. The van der Waals surface area contributed by atoms with E-state index < -0.39 is 0 Å². The van der Waals surface area contributed by atoms with E-state index in [0.717, 1.165) is 6.42 Å². The molecule has 0 saturated carbocycles. The molecule has 4 N–H and O–H groups in total. The van der Waals surface area contributed by atoms with Gasteiger partial charge in [0.2, 0.25) is 0 Å². The maximum absolute atomic E-state index is 11.6. The number of nitrogen functional groups attached to an aromatic ring is 1. The fourth-order valence-electron chi connectivity index (χ4n) is 1.12. The highest BCUT2D eigenvalue weighted by Crippen LogP contribution is 2.08. The summed E-state index contributed by atoms with van der Waals surface area (Å²) >= 11 is 1.78. The number of carbonyl (C=O) groups excluding carboxylic acids is 1. The van der Waals surface area contributed by atoms with Gasteiger partial charge in [-0.1, -0.05) is 6.92 Å². The molecular weight excluding hydrogens is 238 g/mol. The number of amides is 1. The van der Waals surface area contributed by atoms with Gasteiger partial charge in [-0.2, -0.15) is 11.8 Å². The largest absolute Gasteiger partial charge is 0.351 e. The van der Waals surface area contributed by atoms with E-state index in [1.165, 1.54) is 12.4 Å². The van der Waals surface area contributed by atoms with Gasteiger partial charge < -0.3 is 10.7 Å². The summed E-state index contributed by atoms with van der Waals surface area (Å²) < 4.78 is 0. The van der Waals surface area contributed by atoms with Gasteiger partial charge in [-0.3, -0.25) is 4.79 Å². The number of rotatable bonds is 6. The van der Waals surface area contributed by atoms with Crippen LogP contribution in [-0.2, 0) is 0 Å². The predicted molar refractivity (Wildman–Crippen MR) is 69.8 cm³/mol. The van der Waals surface area contributed by atoms with Crippen molar-refractivity contribution in [3.63, 3.8) is 0 Å². The maximum atomic E-state index is 11.6. The SMILES string of the molecule is CSC(C)CCNC(=O)c1cnc(NN)cn1. The van der Waals surface area contributed by atoms with Gasteiger partial charge in [-0.05, 0) is 12.7 Å². The molecule has 0 spiro atoms. The fourth-order valence-corrected chi connectivity index (χ4v) is 1.47. The van der Waals surface area contributed by atoms with Crippen LogP contribution >= 0.6 is 11.8 Å². The molecular formula is C10H17N5OS. The van der Waals surface area contributed by atoms with Crippen molar-refractivity contribution in [2.75, 3.05) is 18.2 Å². The second-order valence-corrected chi connectivity index (χ2v) is 4.80. The topological polar surface area (TPSA) is 92.9 Å². The van der Waals surface area contributed by atoms with E-state index in [1.807, 2.05) is 0 Å². The average Bonchev–Trinajstić information content (AvgIpc) is 2.38. The Kier molecular flexibility index (Phi) is 5.71. The van der Waals surface area contributed by atoms with Crippen molar-refractivity contribution in [2.24, 2.45) is 5.84 Å². The van der Waals surface area contributed by atoms with Gasteiger partial charge in [0, 0.05) is 11.8 Å². The summed E-state index contributed by atoms with van der Waals surface area (Å²) in [6.07, 6.45) is 5.79. The van der Waals surface area contributed by atoms with Gasteiger partial charge >= 0.3 is 0 Å². The summed E-state index contributed by atoms with van der Waals surface area (Å²) in [6.45, 7) is 2.76. The molecule has 1 unspecified atom stereocenters. The minimum absolute atomic E-state index is 0.214. The lowest BCUT2D eigenvalue weighted by Gasteiger charge is -2.08. The minimum Gasteiger partial charge on any atom is -0.351 e. The van der Waals surface area contributed by atoms with Crippen molar-refractivity contribution in [1.29, 1.82) is 0 Å². The molecule has 6 nitrogen and oxygen atoms in total. The monoisotopic (exact) mass is 255 g/mol. The lowest BCUT2D eigenvalue weighted by Crippen LogP contribution is -2.27. The number of hydrogen-bond acceptors (Lipinski definition) is 6. The van der Waals surface area contributed by atoms with Crippen molar-refractivity contribution in [1.82, 2.24) is 15.3 Å². The van der Waals surface area contributed by atoms with E-state index in [-0.39, 0.29) is 5.91 Å². The third-order valence-corrected chi connectivity index (χ3v) is 3.31. The highest BCUT2D eigenvalue weighted by atomic mass is 32.2. The Hall–Kier alpha value is -1.34. The number of hydrazine groups is 1. The Morgan fingerprint density at radius 1 is 1.53 bits per heavy atom. The highest BCUT2D eigenvalue weighted by molar-refractivity contribution is 7.99. The molecule has 1 heterocycles. The second-order valence-electron chi connectivity index (χ2n) is 3.52. The van der Waals surface area contributed by atoms with Gasteiger partial charge in [-0.15, -0.1) is 0 Å². The number of anilines is 1. The number of thioether (sulfide) groups is 1. The van der Waals surface area contributed by atoms with Crippen LogP contribution in [0.2, 0.25) is 0 Å². The quantitative estimate of drug-likeness (QED) is 0.510. The molecule has 1 atom stereocenters. The van der Waals surface area contributed by atoms with Crippen LogP contribution in [0.25, 0.3) is 0 Å². The van der Waals surface area contributed by atoms with E-state index in [9.17, 15) is 4.79 Å². The number of aromatic nitrogens is 2. The molecule has 7 heteroatoms. The van der Waals surface area contributed by atoms with Crippen LogP contribution < -0.4 is 16.6 Å². The lowest BCUT2D eigenvalue weighted by molar-refractivity contribution is 0.0948. The molecule has 1 amide bonds. The summed E-state index contributed by atoms with van der Waals surface area (Å²) in [6, 6.07) is 0. The minimum atomic E-state index is -0.214. The third-order valence-electron chi connectivity index (χ3n) is 2.27. The molecule has 1 aromatic heterocycles. The highest BCUT2D eigenvalue weighted by Gasteiger charge is 2.07. The van der Waals surface area contributed by atoms with Gasteiger partial charge in [-0.25, -0.2) is 15.8 Å². The van der Waals surface area contributed by atoms with E-state index in [4.69, 9.17) is 5.84 Å². The summed E-state index contributed by atoms with van der Waals surface area (Å²) in [7, 11) is 0. The van der Waals surface area contributed by atoms with Crippen LogP contribution in [0.4, 0.5) is 5.82 Å². The van der Waals surface area contributed by atoms with Crippen molar-refractivity contribution < 1.29 is 4.79 Å². The van der Waals surface area contributed by atoms with Gasteiger partial charge in [0.1, 0.15) is 5.69 Å². The third kappa shape index (κ3) is 4.58. The Bertz CT molecular complexity index is 356. The van der Waals surface area contributed by atoms with E-state index in [0.29, 0.717) is 23.3 Å². The normalized spacial score (nSPS) is 11.9. The molecule has 0 aromatic carbocycles. The van der Waals surface area contributed by atoms with Crippen LogP contribution in [0.5, 0.6) is 0 Å². The molecule has 1 rings (SSSR count). The number of nitrogens with two attached hydrogens (primary N) is 1. The molecule has 17 heavy (non-hydrogen) atoms. The first kappa shape index (κ1) is 13.7. The Morgan fingerprint density at radius 3 is 2.82 bits per heavy atom. The van der Waals surface area contributed by atoms with Crippen LogP contribution in [0.3, 0.4) is 0 Å². The van der Waals surface area contributed by atoms with Crippen molar-refractivity contribution in [3.8, 4) is 0 Å². The zero-order valence-electron chi connectivity index (χ0n) is 9.93. The predicted octanol–water partition coefficient (Wildman–Crippen LogP) is 0.634. The van der Waals surface area contributed by atoms with E-state index in [2.05, 4.69) is 33.9 Å². The maximum Gasteiger partial charge on any atom is 0.271 e. The van der Waals surface area contributed by atoms with Crippen LogP contribution in [0.1, 0.15) is 23.8 Å². The van der Waals surface area contributed by atoms with E-state index >= 15 is 0 Å². The first-order valence-corrected chi connectivity index (χ1v) is 6.55. The van der Waals surface area contributed by atoms with Gasteiger partial charge in [0.25, 0.3) is 5.91 Å². The molecule has 0 aliphatic rings. The first-order valence-electron chi connectivity index (χ1n) is 5.27. The summed E-state index contributed by atoms with van der Waals surface area (Å²) in [5.74, 6) is 5.36. The average molecular weight is 255 g/mol. The number of nitrogens with zero attached hydrogens (tertiary/aromatic N) is 2. The molecule has 0 radical (unpaired) electrons. The van der Waals surface area contributed by atoms with Crippen molar-refractivity contribution in [2.45, 2.75) is 18.6 Å². The molecule has 0 saturated heterocycles. The number of nitrogens with one attached hydrogen (secondary N) is 2.